The Labute approximate surface area is 233 Å². The van der Waals surface area contributed by atoms with Gasteiger partial charge in [-0.1, -0.05) is 54.4 Å². The van der Waals surface area contributed by atoms with Crippen LogP contribution in [0.3, 0.4) is 0 Å². The Kier molecular flexibility index (Phi) is 10.0. The molecular formula is C27H29Cl2N3O5S. The highest BCUT2D eigenvalue weighted by Gasteiger charge is 2.33. The average Bonchev–Trinajstić information content (AvgIpc) is 2.93. The molecule has 0 aromatic heterocycles. The average molecular weight is 579 g/mol. The molecule has 3 aromatic rings. The molecule has 0 aliphatic heterocycles. The van der Waals surface area contributed by atoms with Crippen LogP contribution in [0.5, 0.6) is 5.75 Å². The lowest BCUT2D eigenvalue weighted by Crippen LogP contribution is -2.51. The number of sulfonamides is 1. The number of nitrogens with one attached hydrogen (secondary N) is 1. The van der Waals surface area contributed by atoms with E-state index in [1.165, 1.54) is 31.2 Å². The first-order chi connectivity index (χ1) is 18.1. The predicted molar refractivity (Wildman–Crippen MR) is 149 cm³/mol. The number of ether oxygens (including phenoxy) is 1. The number of hydrogen-bond acceptors (Lipinski definition) is 5. The summed E-state index contributed by atoms with van der Waals surface area (Å²) < 4.78 is 33.7. The quantitative estimate of drug-likeness (QED) is 0.354. The van der Waals surface area contributed by atoms with Gasteiger partial charge in [-0.15, -0.1) is 0 Å². The number of likely N-dealkylation sites (N-methyl/N-ethyl adjacent to an activating group) is 1. The van der Waals surface area contributed by atoms with Crippen molar-refractivity contribution in [2.45, 2.75) is 30.8 Å². The fourth-order valence-electron chi connectivity index (χ4n) is 3.92. The van der Waals surface area contributed by atoms with Crippen LogP contribution in [-0.4, -0.2) is 51.9 Å². The molecule has 0 bridgehead atoms. The van der Waals surface area contributed by atoms with E-state index in [1.54, 1.807) is 67.6 Å². The minimum atomic E-state index is -4.14. The van der Waals surface area contributed by atoms with E-state index in [4.69, 9.17) is 27.9 Å². The van der Waals surface area contributed by atoms with Crippen molar-refractivity contribution in [2.75, 3.05) is 25.0 Å². The molecule has 1 N–H and O–H groups in total. The van der Waals surface area contributed by atoms with E-state index >= 15 is 0 Å². The van der Waals surface area contributed by atoms with Crippen molar-refractivity contribution >= 4 is 50.7 Å². The lowest BCUT2D eigenvalue weighted by molar-refractivity contribution is -0.140. The number of carbonyl (C=O) groups is 2. The molecule has 0 saturated heterocycles. The van der Waals surface area contributed by atoms with Gasteiger partial charge in [0, 0.05) is 13.6 Å². The fraction of sp³-hybridized carbons (Fsp3) is 0.259. The second kappa shape index (κ2) is 13.0. The van der Waals surface area contributed by atoms with Gasteiger partial charge in [-0.2, -0.15) is 0 Å². The maximum Gasteiger partial charge on any atom is 0.264 e. The number of carbonyl (C=O) groups excluding carboxylic acids is 2. The smallest absolute Gasteiger partial charge is 0.264 e. The van der Waals surface area contributed by atoms with Gasteiger partial charge in [-0.25, -0.2) is 8.42 Å². The highest BCUT2D eigenvalue weighted by atomic mass is 35.5. The SMILES string of the molecule is CC[C@H](C(=O)NC)N(Cc1ccc(Cl)c(Cl)c1)C(=O)CN(c1ccc(OC)cc1)S(=O)(=O)c1ccccc1. The zero-order valence-corrected chi connectivity index (χ0v) is 23.6. The summed E-state index contributed by atoms with van der Waals surface area (Å²) in [5.74, 6) is -0.409. The van der Waals surface area contributed by atoms with E-state index in [1.807, 2.05) is 0 Å². The van der Waals surface area contributed by atoms with Crippen molar-refractivity contribution in [3.05, 3.63) is 88.4 Å². The Morgan fingerprint density at radius 3 is 2.18 bits per heavy atom. The van der Waals surface area contributed by atoms with Crippen LogP contribution in [-0.2, 0) is 26.2 Å². The third-order valence-electron chi connectivity index (χ3n) is 5.94. The van der Waals surface area contributed by atoms with Crippen LogP contribution in [0.2, 0.25) is 10.0 Å². The minimum Gasteiger partial charge on any atom is -0.497 e. The van der Waals surface area contributed by atoms with Crippen molar-refractivity contribution in [1.29, 1.82) is 0 Å². The van der Waals surface area contributed by atoms with Crippen LogP contribution in [0.1, 0.15) is 18.9 Å². The molecule has 1 atom stereocenters. The van der Waals surface area contributed by atoms with Gasteiger partial charge < -0.3 is 15.0 Å². The molecule has 38 heavy (non-hydrogen) atoms. The summed E-state index contributed by atoms with van der Waals surface area (Å²) in [5, 5.41) is 3.24. The van der Waals surface area contributed by atoms with Crippen molar-refractivity contribution in [2.24, 2.45) is 0 Å². The van der Waals surface area contributed by atoms with Crippen molar-refractivity contribution < 1.29 is 22.7 Å². The van der Waals surface area contributed by atoms with Gasteiger partial charge in [0.1, 0.15) is 18.3 Å². The molecule has 0 heterocycles. The number of rotatable bonds is 11. The molecule has 0 aliphatic carbocycles. The molecule has 3 aromatic carbocycles. The fourth-order valence-corrected chi connectivity index (χ4v) is 5.67. The van der Waals surface area contributed by atoms with Crippen LogP contribution < -0.4 is 14.4 Å². The minimum absolute atomic E-state index is 0.0173. The summed E-state index contributed by atoms with van der Waals surface area (Å²) in [7, 11) is -1.16. The number of nitrogens with zero attached hydrogens (tertiary/aromatic N) is 2. The lowest BCUT2D eigenvalue weighted by atomic mass is 10.1. The number of hydrogen-bond donors (Lipinski definition) is 1. The van der Waals surface area contributed by atoms with E-state index in [2.05, 4.69) is 5.32 Å². The molecule has 2 amide bonds. The first-order valence-corrected chi connectivity index (χ1v) is 14.0. The first-order valence-electron chi connectivity index (χ1n) is 11.8. The molecule has 3 rings (SSSR count). The third-order valence-corrected chi connectivity index (χ3v) is 8.47. The van der Waals surface area contributed by atoms with Gasteiger partial charge in [0.25, 0.3) is 10.0 Å². The largest absolute Gasteiger partial charge is 0.497 e. The highest BCUT2D eigenvalue weighted by Crippen LogP contribution is 2.27. The lowest BCUT2D eigenvalue weighted by Gasteiger charge is -2.33. The van der Waals surface area contributed by atoms with Crippen molar-refractivity contribution in [3.8, 4) is 5.75 Å². The van der Waals surface area contributed by atoms with E-state index in [9.17, 15) is 18.0 Å². The van der Waals surface area contributed by atoms with Gasteiger partial charge in [0.15, 0.2) is 0 Å². The Hall–Kier alpha value is -3.27. The summed E-state index contributed by atoms with van der Waals surface area (Å²) >= 11 is 12.2. The highest BCUT2D eigenvalue weighted by molar-refractivity contribution is 7.92. The van der Waals surface area contributed by atoms with E-state index in [0.717, 1.165) is 4.31 Å². The molecular weight excluding hydrogens is 549 g/mol. The van der Waals surface area contributed by atoms with Crippen LogP contribution in [0, 0.1) is 0 Å². The Bertz CT molecular complexity index is 1370. The number of halogens is 2. The molecule has 202 valence electrons. The zero-order valence-electron chi connectivity index (χ0n) is 21.2. The van der Waals surface area contributed by atoms with Crippen molar-refractivity contribution in [1.82, 2.24) is 10.2 Å². The maximum atomic E-state index is 13.9. The summed E-state index contributed by atoms with van der Waals surface area (Å²) in [6, 6.07) is 18.3. The molecule has 0 unspecified atom stereocenters. The Morgan fingerprint density at radius 2 is 1.63 bits per heavy atom. The molecule has 0 spiro atoms. The number of methoxy groups -OCH3 is 1. The molecule has 0 fully saturated rings. The zero-order chi connectivity index (χ0) is 27.9. The molecule has 8 nitrogen and oxygen atoms in total. The van der Waals surface area contributed by atoms with E-state index < -0.39 is 28.5 Å². The summed E-state index contributed by atoms with van der Waals surface area (Å²) in [6.07, 6.45) is 0.306. The Morgan fingerprint density at radius 1 is 0.974 bits per heavy atom. The molecule has 0 aliphatic rings. The second-order valence-electron chi connectivity index (χ2n) is 8.33. The summed E-state index contributed by atoms with van der Waals surface area (Å²) in [4.78, 5) is 28.0. The standard InChI is InChI=1S/C27H29Cl2N3O5S/c1-4-25(27(34)30-2)31(17-19-10-15-23(28)24(29)16-19)26(33)18-32(20-11-13-21(37-3)14-12-20)38(35,36)22-8-6-5-7-9-22/h5-16,25H,4,17-18H2,1-3H3,(H,30,34)/t25-/m1/s1. The number of benzene rings is 3. The summed E-state index contributed by atoms with van der Waals surface area (Å²) in [6.45, 7) is 1.25. The monoisotopic (exact) mass is 577 g/mol. The maximum absolute atomic E-state index is 13.9. The number of amides is 2. The normalized spacial score (nSPS) is 11.9. The van der Waals surface area contributed by atoms with Gasteiger partial charge in [0.2, 0.25) is 11.8 Å². The second-order valence-corrected chi connectivity index (χ2v) is 11.0. The predicted octanol–water partition coefficient (Wildman–Crippen LogP) is 4.75. The van der Waals surface area contributed by atoms with Crippen molar-refractivity contribution in [3.63, 3.8) is 0 Å². The van der Waals surface area contributed by atoms with Gasteiger partial charge in [-0.3, -0.25) is 13.9 Å². The first kappa shape index (κ1) is 29.3. The van der Waals surface area contributed by atoms with Crippen LogP contribution in [0.25, 0.3) is 0 Å². The molecule has 0 saturated carbocycles. The third kappa shape index (κ3) is 6.78. The van der Waals surface area contributed by atoms with Crippen LogP contribution >= 0.6 is 23.2 Å². The summed E-state index contributed by atoms with van der Waals surface area (Å²) in [5.41, 5.74) is 0.905. The van der Waals surface area contributed by atoms with Crippen LogP contribution in [0.4, 0.5) is 5.69 Å². The van der Waals surface area contributed by atoms with Gasteiger partial charge >= 0.3 is 0 Å². The number of anilines is 1. The van der Waals surface area contributed by atoms with Crippen LogP contribution in [0.15, 0.2) is 77.7 Å². The van der Waals surface area contributed by atoms with Gasteiger partial charge in [0.05, 0.1) is 27.7 Å². The van der Waals surface area contributed by atoms with E-state index in [0.29, 0.717) is 27.8 Å². The topological polar surface area (TPSA) is 96.0 Å². The van der Waals surface area contributed by atoms with Gasteiger partial charge in [-0.05, 0) is 60.5 Å². The molecule has 0 radical (unpaired) electrons. The molecule has 11 heteroatoms. The van der Waals surface area contributed by atoms with E-state index in [-0.39, 0.29) is 23.0 Å². The Balaban J connectivity index is 2.06.